The fourth-order valence-electron chi connectivity index (χ4n) is 1.88. The summed E-state index contributed by atoms with van der Waals surface area (Å²) >= 11 is 0. The lowest BCUT2D eigenvalue weighted by atomic mass is 10.1. The van der Waals surface area contributed by atoms with E-state index in [0.717, 1.165) is 13.1 Å². The van der Waals surface area contributed by atoms with Crippen LogP contribution in [0.5, 0.6) is 0 Å². The van der Waals surface area contributed by atoms with E-state index in [9.17, 15) is 0 Å². The summed E-state index contributed by atoms with van der Waals surface area (Å²) in [7, 11) is 0. The Morgan fingerprint density at radius 2 is 1.25 bits per heavy atom. The molecule has 2 saturated heterocycles. The van der Waals surface area contributed by atoms with Gasteiger partial charge in [0.05, 0.1) is 12.3 Å². The molecule has 2 aliphatic rings. The Morgan fingerprint density at radius 1 is 0.833 bits per heavy atom. The molecule has 4 atom stereocenters. The molecule has 0 aromatic rings. The summed E-state index contributed by atoms with van der Waals surface area (Å²) in [5, 5.41) is 13.9. The van der Waals surface area contributed by atoms with E-state index in [1.165, 1.54) is 0 Å². The van der Waals surface area contributed by atoms with Crippen molar-refractivity contribution in [2.24, 2.45) is 0 Å². The third kappa shape index (κ3) is 1.61. The zero-order valence-electron chi connectivity index (χ0n) is 7.72. The van der Waals surface area contributed by atoms with Crippen LogP contribution in [0.3, 0.4) is 0 Å². The molecule has 0 radical (unpaired) electrons. The number of hydrogen-bond acceptors (Lipinski definition) is 4. The highest BCUT2D eigenvalue weighted by Gasteiger charge is 2.31. The first-order valence-corrected chi connectivity index (χ1v) is 4.74. The van der Waals surface area contributed by atoms with Crippen LogP contribution in [0.25, 0.3) is 0 Å². The van der Waals surface area contributed by atoms with Crippen molar-refractivity contribution in [3.05, 3.63) is 0 Å². The number of piperazine rings is 2. The monoisotopic (exact) mass is 170 g/mol. The first-order chi connectivity index (χ1) is 5.75. The van der Waals surface area contributed by atoms with Crippen LogP contribution in [-0.2, 0) is 0 Å². The van der Waals surface area contributed by atoms with Crippen molar-refractivity contribution in [2.45, 2.75) is 38.3 Å². The van der Waals surface area contributed by atoms with Crippen LogP contribution >= 0.6 is 0 Å². The molecular weight excluding hydrogens is 152 g/mol. The topological polar surface area (TPSA) is 48.1 Å². The van der Waals surface area contributed by atoms with Crippen LogP contribution in [-0.4, -0.2) is 37.5 Å². The predicted octanol–water partition coefficient (Wildman–Crippen LogP) is -1.20. The smallest absolute Gasteiger partial charge is 0.0869 e. The molecule has 0 aromatic heterocycles. The van der Waals surface area contributed by atoms with Gasteiger partial charge in [0.15, 0.2) is 0 Å². The van der Waals surface area contributed by atoms with Gasteiger partial charge >= 0.3 is 0 Å². The fourth-order valence-corrected chi connectivity index (χ4v) is 1.88. The highest BCUT2D eigenvalue weighted by atomic mass is 15.3. The van der Waals surface area contributed by atoms with Gasteiger partial charge in [-0.2, -0.15) is 0 Å². The highest BCUT2D eigenvalue weighted by Crippen LogP contribution is 2.02. The van der Waals surface area contributed by atoms with E-state index in [-0.39, 0.29) is 0 Å². The van der Waals surface area contributed by atoms with Crippen LogP contribution in [0, 0.1) is 0 Å². The lowest BCUT2D eigenvalue weighted by Gasteiger charge is -2.43. The predicted molar refractivity (Wildman–Crippen MR) is 48.8 cm³/mol. The van der Waals surface area contributed by atoms with Crippen molar-refractivity contribution in [3.63, 3.8) is 0 Å². The standard InChI is InChI=1S/C8H18N4/c1-5-3-9-8-7(11-5)10-4-6(2)12-8/h5-12H,3-4H2,1-2H3/t5-,6+,7-,8-/m1/s1. The fraction of sp³-hybridized carbons (Fsp3) is 1.00. The van der Waals surface area contributed by atoms with E-state index < -0.39 is 0 Å². The molecule has 4 N–H and O–H groups in total. The molecule has 0 spiro atoms. The average Bonchev–Trinajstić information content (AvgIpc) is 2.05. The molecule has 70 valence electrons. The Labute approximate surface area is 73.5 Å². The summed E-state index contributed by atoms with van der Waals surface area (Å²) in [5.41, 5.74) is 0. The number of nitrogens with one attached hydrogen (secondary N) is 4. The van der Waals surface area contributed by atoms with Gasteiger partial charge in [0.2, 0.25) is 0 Å². The number of hydrogen-bond donors (Lipinski definition) is 4. The van der Waals surface area contributed by atoms with Gasteiger partial charge in [0.1, 0.15) is 0 Å². The van der Waals surface area contributed by atoms with Crippen LogP contribution in [0.1, 0.15) is 13.8 Å². The van der Waals surface area contributed by atoms with Crippen molar-refractivity contribution in [3.8, 4) is 0 Å². The summed E-state index contributed by atoms with van der Waals surface area (Å²) in [4.78, 5) is 0. The second-order valence-corrected chi connectivity index (χ2v) is 3.91. The van der Waals surface area contributed by atoms with Crippen molar-refractivity contribution in [1.29, 1.82) is 0 Å². The molecule has 12 heavy (non-hydrogen) atoms. The second-order valence-electron chi connectivity index (χ2n) is 3.91. The Balaban J connectivity index is 1.94. The van der Waals surface area contributed by atoms with Crippen LogP contribution in [0.2, 0.25) is 0 Å². The third-order valence-electron chi connectivity index (χ3n) is 2.55. The average molecular weight is 170 g/mol. The van der Waals surface area contributed by atoms with Crippen molar-refractivity contribution < 1.29 is 0 Å². The van der Waals surface area contributed by atoms with Gasteiger partial charge in [-0.3, -0.25) is 21.3 Å². The van der Waals surface area contributed by atoms with Gasteiger partial charge in [-0.15, -0.1) is 0 Å². The van der Waals surface area contributed by atoms with Crippen molar-refractivity contribution in [2.75, 3.05) is 13.1 Å². The molecule has 2 aliphatic heterocycles. The Kier molecular flexibility index (Phi) is 2.32. The Bertz CT molecular complexity index is 143. The molecule has 0 saturated carbocycles. The molecular formula is C8H18N4. The van der Waals surface area contributed by atoms with Gasteiger partial charge < -0.3 is 0 Å². The summed E-state index contributed by atoms with van der Waals surface area (Å²) in [6.07, 6.45) is 0.787. The molecule has 0 aromatic carbocycles. The van der Waals surface area contributed by atoms with E-state index in [2.05, 4.69) is 35.1 Å². The molecule has 2 rings (SSSR count). The van der Waals surface area contributed by atoms with E-state index in [4.69, 9.17) is 0 Å². The molecule has 0 aliphatic carbocycles. The van der Waals surface area contributed by atoms with Crippen molar-refractivity contribution >= 4 is 0 Å². The second kappa shape index (κ2) is 3.30. The van der Waals surface area contributed by atoms with Gasteiger partial charge in [-0.1, -0.05) is 0 Å². The van der Waals surface area contributed by atoms with E-state index in [0.29, 0.717) is 24.4 Å². The maximum atomic E-state index is 3.50. The summed E-state index contributed by atoms with van der Waals surface area (Å²) < 4.78 is 0. The number of rotatable bonds is 0. The zero-order valence-corrected chi connectivity index (χ0v) is 7.72. The van der Waals surface area contributed by atoms with Crippen LogP contribution in [0.4, 0.5) is 0 Å². The lowest BCUT2D eigenvalue weighted by Crippen LogP contribution is -2.74. The molecule has 0 unspecified atom stereocenters. The maximum Gasteiger partial charge on any atom is 0.0869 e. The van der Waals surface area contributed by atoms with Gasteiger partial charge in [-0.25, -0.2) is 0 Å². The third-order valence-corrected chi connectivity index (χ3v) is 2.55. The van der Waals surface area contributed by atoms with E-state index >= 15 is 0 Å². The Morgan fingerprint density at radius 3 is 1.67 bits per heavy atom. The minimum absolute atomic E-state index is 0.393. The highest BCUT2D eigenvalue weighted by molar-refractivity contribution is 4.92. The summed E-state index contributed by atoms with van der Waals surface area (Å²) in [5.74, 6) is 0. The SMILES string of the molecule is C[C@@H]1CN[C@@H]2N[C@@H](C)CN[C@@H]2N1. The molecule has 4 nitrogen and oxygen atoms in total. The van der Waals surface area contributed by atoms with Gasteiger partial charge in [-0.05, 0) is 13.8 Å². The minimum atomic E-state index is 0.393. The Hall–Kier alpha value is -0.160. The minimum Gasteiger partial charge on any atom is -0.298 e. The quantitative estimate of drug-likeness (QED) is 0.369. The molecule has 0 amide bonds. The molecule has 4 heteroatoms. The van der Waals surface area contributed by atoms with Gasteiger partial charge in [0, 0.05) is 25.2 Å². The van der Waals surface area contributed by atoms with E-state index in [1.54, 1.807) is 0 Å². The van der Waals surface area contributed by atoms with Crippen molar-refractivity contribution in [1.82, 2.24) is 21.3 Å². The zero-order chi connectivity index (χ0) is 8.55. The normalized spacial score (nSPS) is 48.5. The number of fused-ring (bicyclic) bond motifs is 1. The summed E-state index contributed by atoms with van der Waals surface area (Å²) in [6.45, 7) is 6.48. The molecule has 0 bridgehead atoms. The maximum absolute atomic E-state index is 3.50. The van der Waals surface area contributed by atoms with E-state index in [1.807, 2.05) is 0 Å². The first-order valence-electron chi connectivity index (χ1n) is 4.74. The summed E-state index contributed by atoms with van der Waals surface area (Å²) in [6, 6.07) is 1.13. The van der Waals surface area contributed by atoms with Crippen LogP contribution in [0.15, 0.2) is 0 Å². The molecule has 2 heterocycles. The first kappa shape index (κ1) is 8.44. The van der Waals surface area contributed by atoms with Crippen LogP contribution < -0.4 is 21.3 Å². The molecule has 2 fully saturated rings. The largest absolute Gasteiger partial charge is 0.298 e. The lowest BCUT2D eigenvalue weighted by molar-refractivity contribution is 0.161. The van der Waals surface area contributed by atoms with Gasteiger partial charge in [0.25, 0.3) is 0 Å².